The van der Waals surface area contributed by atoms with Gasteiger partial charge in [0, 0.05) is 22.8 Å². The van der Waals surface area contributed by atoms with Gasteiger partial charge in [-0.3, -0.25) is 0 Å². The maximum atomic E-state index is 13.1. The number of anilines is 2. The van der Waals surface area contributed by atoms with Gasteiger partial charge in [0.2, 0.25) is 0 Å². The minimum Gasteiger partial charge on any atom is -0.339 e. The van der Waals surface area contributed by atoms with Gasteiger partial charge in [0.1, 0.15) is 0 Å². The summed E-state index contributed by atoms with van der Waals surface area (Å²) in [5, 5.41) is 3.56. The molecule has 4 rings (SSSR count). The van der Waals surface area contributed by atoms with Gasteiger partial charge in [0.15, 0.2) is 0 Å². The molecule has 3 nitrogen and oxygen atoms in total. The second-order valence-corrected chi connectivity index (χ2v) is 10.1. The van der Waals surface area contributed by atoms with E-state index >= 15 is 0 Å². The van der Waals surface area contributed by atoms with Crippen molar-refractivity contribution < 1.29 is 4.21 Å². The molecular weight excluding hydrogens is 384 g/mol. The van der Waals surface area contributed by atoms with Crippen molar-refractivity contribution in [3.8, 4) is 0 Å². The van der Waals surface area contributed by atoms with E-state index in [1.807, 2.05) is 35.6 Å². The van der Waals surface area contributed by atoms with E-state index in [0.717, 1.165) is 47.2 Å². The molecule has 0 spiro atoms. The third kappa shape index (κ3) is 3.66. The fourth-order valence-corrected chi connectivity index (χ4v) is 6.02. The van der Waals surface area contributed by atoms with Gasteiger partial charge in [0.25, 0.3) is 0 Å². The first-order valence-electron chi connectivity index (χ1n) is 9.71. The summed E-state index contributed by atoms with van der Waals surface area (Å²) in [7, 11) is -1.12. The minimum atomic E-state index is -1.12. The lowest BCUT2D eigenvalue weighted by atomic mass is 10.1. The van der Waals surface area contributed by atoms with Crippen LogP contribution in [0.1, 0.15) is 27.3 Å². The summed E-state index contributed by atoms with van der Waals surface area (Å²) in [4.78, 5) is 6.96. The Balaban J connectivity index is 1.52. The lowest BCUT2D eigenvalue weighted by molar-refractivity contribution is 0.651. The van der Waals surface area contributed by atoms with Gasteiger partial charge in [0.05, 0.1) is 32.0 Å². The number of nitrogens with zero attached hydrogens (tertiary/aromatic N) is 1. The number of rotatable bonds is 6. The molecule has 1 atom stereocenters. The largest absolute Gasteiger partial charge is 0.339 e. The first kappa shape index (κ1) is 19.4. The van der Waals surface area contributed by atoms with Gasteiger partial charge in [-0.1, -0.05) is 18.2 Å². The molecule has 1 N–H and O–H groups in total. The normalized spacial score (nSPS) is 15.4. The first-order chi connectivity index (χ1) is 13.6. The van der Waals surface area contributed by atoms with Gasteiger partial charge >= 0.3 is 0 Å². The lowest BCUT2D eigenvalue weighted by Crippen LogP contribution is -2.28. The number of hydrogen-bond donors (Lipinski definition) is 1. The summed E-state index contributed by atoms with van der Waals surface area (Å²) >= 11 is 1.85. The molecule has 0 fully saturated rings. The summed E-state index contributed by atoms with van der Waals surface area (Å²) in [5.41, 5.74) is 4.68. The highest BCUT2D eigenvalue weighted by atomic mass is 32.2. The quantitative estimate of drug-likeness (QED) is 0.547. The van der Waals surface area contributed by atoms with Gasteiger partial charge in [-0.05, 0) is 75.2 Å². The molecule has 0 saturated carbocycles. The molecule has 5 heteroatoms. The third-order valence-corrected chi connectivity index (χ3v) is 7.80. The van der Waals surface area contributed by atoms with Crippen molar-refractivity contribution in [2.75, 3.05) is 18.0 Å². The number of hydrogen-bond acceptors (Lipinski definition) is 4. The van der Waals surface area contributed by atoms with Crippen molar-refractivity contribution >= 4 is 33.5 Å². The van der Waals surface area contributed by atoms with Crippen LogP contribution in [0.3, 0.4) is 0 Å². The van der Waals surface area contributed by atoms with Crippen molar-refractivity contribution in [3.05, 3.63) is 69.4 Å². The van der Waals surface area contributed by atoms with Gasteiger partial charge in [-0.2, -0.15) is 0 Å². The molecule has 2 aromatic carbocycles. The fourth-order valence-electron chi connectivity index (χ4n) is 3.72. The zero-order valence-electron chi connectivity index (χ0n) is 16.6. The Morgan fingerprint density at radius 1 is 1.00 bits per heavy atom. The van der Waals surface area contributed by atoms with E-state index in [2.05, 4.69) is 55.3 Å². The summed E-state index contributed by atoms with van der Waals surface area (Å²) in [6.07, 6.45) is 1.03. The zero-order valence-corrected chi connectivity index (χ0v) is 18.3. The van der Waals surface area contributed by atoms with E-state index in [9.17, 15) is 4.21 Å². The SMILES string of the molecule is Cc1ccc(CNCCCN2c3ccccc3S(=O)c3ccc(C)c(C)c32)s1. The van der Waals surface area contributed by atoms with E-state index in [-0.39, 0.29) is 0 Å². The van der Waals surface area contributed by atoms with Gasteiger partial charge < -0.3 is 10.2 Å². The smallest absolute Gasteiger partial charge is 0.0892 e. The highest BCUT2D eigenvalue weighted by Crippen LogP contribution is 2.44. The highest BCUT2D eigenvalue weighted by molar-refractivity contribution is 7.85. The average Bonchev–Trinajstić information content (AvgIpc) is 3.11. The van der Waals surface area contributed by atoms with Crippen molar-refractivity contribution in [1.29, 1.82) is 0 Å². The molecule has 0 bridgehead atoms. The Labute approximate surface area is 173 Å². The summed E-state index contributed by atoms with van der Waals surface area (Å²) in [6.45, 7) is 9.20. The van der Waals surface area contributed by atoms with E-state index in [4.69, 9.17) is 0 Å². The standard InChI is InChI=1S/C23H26N2OS2/c1-16-9-12-22-23(18(16)3)25(20-7-4-5-8-21(20)28(22)26)14-6-13-24-15-19-11-10-17(2)27-19/h4-5,7-12,24H,6,13-15H2,1-3H3. The molecular formula is C23H26N2OS2. The van der Waals surface area contributed by atoms with Crippen LogP contribution in [0.5, 0.6) is 0 Å². The molecule has 1 aliphatic heterocycles. The topological polar surface area (TPSA) is 32.3 Å². The van der Waals surface area contributed by atoms with Crippen LogP contribution in [0.4, 0.5) is 11.4 Å². The monoisotopic (exact) mass is 410 g/mol. The van der Waals surface area contributed by atoms with E-state index < -0.39 is 10.8 Å². The Morgan fingerprint density at radius 2 is 1.82 bits per heavy atom. The van der Waals surface area contributed by atoms with Crippen LogP contribution in [0.15, 0.2) is 58.3 Å². The molecule has 146 valence electrons. The van der Waals surface area contributed by atoms with Crippen LogP contribution < -0.4 is 10.2 Å². The highest BCUT2D eigenvalue weighted by Gasteiger charge is 2.29. The third-order valence-electron chi connectivity index (χ3n) is 5.32. The van der Waals surface area contributed by atoms with Crippen molar-refractivity contribution in [2.24, 2.45) is 0 Å². The van der Waals surface area contributed by atoms with E-state index in [1.54, 1.807) is 0 Å². The summed E-state index contributed by atoms with van der Waals surface area (Å²) in [5.74, 6) is 0. The maximum absolute atomic E-state index is 13.1. The second kappa shape index (κ2) is 8.19. The molecule has 1 unspecified atom stereocenters. The van der Waals surface area contributed by atoms with Crippen LogP contribution in [0.25, 0.3) is 0 Å². The maximum Gasteiger partial charge on any atom is 0.0892 e. The molecule has 0 saturated heterocycles. The average molecular weight is 411 g/mol. The number of fused-ring (bicyclic) bond motifs is 2. The van der Waals surface area contributed by atoms with Crippen LogP contribution in [-0.2, 0) is 17.3 Å². The lowest BCUT2D eigenvalue weighted by Gasteiger charge is -2.34. The zero-order chi connectivity index (χ0) is 19.7. The van der Waals surface area contributed by atoms with Crippen LogP contribution in [0.2, 0.25) is 0 Å². The predicted molar refractivity (Wildman–Crippen MR) is 119 cm³/mol. The molecule has 0 amide bonds. The Kier molecular flexibility index (Phi) is 5.67. The molecule has 3 aromatic rings. The predicted octanol–water partition coefficient (Wildman–Crippen LogP) is 5.47. The van der Waals surface area contributed by atoms with E-state index in [0.29, 0.717) is 0 Å². The van der Waals surface area contributed by atoms with Crippen LogP contribution in [-0.4, -0.2) is 17.3 Å². The Bertz CT molecular complexity index is 1030. The minimum absolute atomic E-state index is 0.905. The number of benzene rings is 2. The summed E-state index contributed by atoms with van der Waals surface area (Å²) in [6, 6.07) is 16.6. The van der Waals surface area contributed by atoms with Crippen LogP contribution >= 0.6 is 11.3 Å². The van der Waals surface area contributed by atoms with Gasteiger partial charge in [-0.15, -0.1) is 11.3 Å². The first-order valence-corrected chi connectivity index (χ1v) is 11.7. The van der Waals surface area contributed by atoms with Crippen LogP contribution in [0, 0.1) is 20.8 Å². The number of thiophene rings is 1. The molecule has 1 aliphatic rings. The molecule has 1 aromatic heterocycles. The fraction of sp³-hybridized carbons (Fsp3) is 0.304. The van der Waals surface area contributed by atoms with Crippen molar-refractivity contribution in [1.82, 2.24) is 5.32 Å². The number of aryl methyl sites for hydroxylation is 2. The van der Waals surface area contributed by atoms with E-state index in [1.165, 1.54) is 20.9 Å². The Hall–Kier alpha value is -1.95. The second-order valence-electron chi connectivity index (χ2n) is 7.28. The summed E-state index contributed by atoms with van der Waals surface area (Å²) < 4.78 is 13.1. The number of nitrogens with one attached hydrogen (secondary N) is 1. The van der Waals surface area contributed by atoms with Gasteiger partial charge in [-0.25, -0.2) is 4.21 Å². The Morgan fingerprint density at radius 3 is 2.61 bits per heavy atom. The van der Waals surface area contributed by atoms with Crippen molar-refractivity contribution in [3.63, 3.8) is 0 Å². The molecule has 28 heavy (non-hydrogen) atoms. The van der Waals surface area contributed by atoms with Crippen molar-refractivity contribution in [2.45, 2.75) is 43.5 Å². The molecule has 0 radical (unpaired) electrons. The molecule has 0 aliphatic carbocycles. The number of para-hydroxylation sites is 1. The molecule has 2 heterocycles.